The van der Waals surface area contributed by atoms with Crippen LogP contribution in [0.4, 0.5) is 0 Å². The summed E-state index contributed by atoms with van der Waals surface area (Å²) in [6, 6.07) is -0.321. The molecule has 1 N–H and O–H groups in total. The maximum Gasteiger partial charge on any atom is 0.320 e. The zero-order valence-corrected chi connectivity index (χ0v) is 13.3. The third kappa shape index (κ3) is 3.64. The molecule has 2 heterocycles. The van der Waals surface area contributed by atoms with Gasteiger partial charge in [0.1, 0.15) is 6.04 Å². The zero-order valence-electron chi connectivity index (χ0n) is 12.5. The maximum absolute atomic E-state index is 11.3. The Kier molecular flexibility index (Phi) is 4.91. The molecule has 21 heavy (non-hydrogen) atoms. The first-order valence-corrected chi connectivity index (χ1v) is 9.03. The molecule has 1 unspecified atom stereocenters. The molecule has 0 bridgehead atoms. The normalized spacial score (nSPS) is 25.0. The van der Waals surface area contributed by atoms with E-state index in [2.05, 4.69) is 10.3 Å². The summed E-state index contributed by atoms with van der Waals surface area (Å²) < 4.78 is 0. The first-order valence-electron chi connectivity index (χ1n) is 8.15. The summed E-state index contributed by atoms with van der Waals surface area (Å²) in [7, 11) is 0. The molecule has 1 saturated heterocycles. The molecule has 1 aromatic heterocycles. The minimum Gasteiger partial charge on any atom is -0.480 e. The summed E-state index contributed by atoms with van der Waals surface area (Å²) in [5, 5.41) is 12.7. The highest BCUT2D eigenvalue weighted by Gasteiger charge is 2.29. The van der Waals surface area contributed by atoms with E-state index in [4.69, 9.17) is 4.98 Å². The van der Waals surface area contributed by atoms with Crippen LogP contribution in [0.1, 0.15) is 68.0 Å². The van der Waals surface area contributed by atoms with Crippen molar-refractivity contribution in [2.45, 2.75) is 69.9 Å². The van der Waals surface area contributed by atoms with Crippen LogP contribution in [0.3, 0.4) is 0 Å². The SMILES string of the molecule is O=C(O)C1CCCCN1Cc1csc(C2CCCCC2)n1. The number of hydrogen-bond donors (Lipinski definition) is 1. The number of carbonyl (C=O) groups is 1. The largest absolute Gasteiger partial charge is 0.480 e. The fourth-order valence-corrected chi connectivity index (χ4v) is 4.58. The third-order valence-electron chi connectivity index (χ3n) is 4.79. The van der Waals surface area contributed by atoms with E-state index in [1.807, 2.05) is 0 Å². The number of hydrogen-bond acceptors (Lipinski definition) is 4. The van der Waals surface area contributed by atoms with Gasteiger partial charge in [-0.05, 0) is 32.2 Å². The van der Waals surface area contributed by atoms with Crippen LogP contribution in [-0.4, -0.2) is 33.5 Å². The molecule has 0 radical (unpaired) electrons. The second-order valence-corrected chi connectivity index (χ2v) is 7.22. The van der Waals surface area contributed by atoms with Gasteiger partial charge in [0, 0.05) is 17.8 Å². The summed E-state index contributed by atoms with van der Waals surface area (Å²) in [6.45, 7) is 1.58. The van der Waals surface area contributed by atoms with Gasteiger partial charge in [-0.15, -0.1) is 11.3 Å². The Morgan fingerprint density at radius 2 is 2.00 bits per heavy atom. The third-order valence-corrected chi connectivity index (χ3v) is 5.84. The van der Waals surface area contributed by atoms with Crippen LogP contribution in [0.5, 0.6) is 0 Å². The lowest BCUT2D eigenvalue weighted by Gasteiger charge is -2.32. The zero-order chi connectivity index (χ0) is 14.7. The molecule has 1 aromatic rings. The lowest BCUT2D eigenvalue weighted by atomic mass is 9.90. The van der Waals surface area contributed by atoms with E-state index >= 15 is 0 Å². The molecule has 3 rings (SSSR count). The van der Waals surface area contributed by atoms with E-state index in [9.17, 15) is 9.90 Å². The number of carboxylic acids is 1. The topological polar surface area (TPSA) is 53.4 Å². The summed E-state index contributed by atoms with van der Waals surface area (Å²) in [5.74, 6) is -0.0356. The maximum atomic E-state index is 11.3. The van der Waals surface area contributed by atoms with Crippen molar-refractivity contribution in [1.82, 2.24) is 9.88 Å². The Balaban J connectivity index is 1.64. The molecule has 116 valence electrons. The highest BCUT2D eigenvalue weighted by molar-refractivity contribution is 7.09. The molecular formula is C16H24N2O2S. The molecule has 5 heteroatoms. The molecule has 2 aliphatic rings. The van der Waals surface area contributed by atoms with Crippen LogP contribution in [0.15, 0.2) is 5.38 Å². The molecule has 0 spiro atoms. The predicted octanol–water partition coefficient (Wildman–Crippen LogP) is 3.63. The van der Waals surface area contributed by atoms with Gasteiger partial charge in [-0.1, -0.05) is 25.7 Å². The van der Waals surface area contributed by atoms with Crippen molar-refractivity contribution in [2.24, 2.45) is 0 Å². The number of piperidine rings is 1. The van der Waals surface area contributed by atoms with E-state index < -0.39 is 5.97 Å². The van der Waals surface area contributed by atoms with Crippen molar-refractivity contribution in [1.29, 1.82) is 0 Å². The Bertz CT molecular complexity index is 482. The van der Waals surface area contributed by atoms with Crippen LogP contribution in [0.2, 0.25) is 0 Å². The number of likely N-dealkylation sites (tertiary alicyclic amines) is 1. The fraction of sp³-hybridized carbons (Fsp3) is 0.750. The summed E-state index contributed by atoms with van der Waals surface area (Å²) >= 11 is 1.77. The van der Waals surface area contributed by atoms with Gasteiger partial charge in [-0.25, -0.2) is 4.98 Å². The second-order valence-electron chi connectivity index (χ2n) is 6.33. The van der Waals surface area contributed by atoms with Gasteiger partial charge in [-0.3, -0.25) is 9.69 Å². The number of aliphatic carboxylic acids is 1. The molecule has 0 aromatic carbocycles. The number of nitrogens with zero attached hydrogens (tertiary/aromatic N) is 2. The summed E-state index contributed by atoms with van der Waals surface area (Å²) in [5.41, 5.74) is 1.06. The average molecular weight is 308 g/mol. The molecule has 2 fully saturated rings. The smallest absolute Gasteiger partial charge is 0.320 e. The van der Waals surface area contributed by atoms with Gasteiger partial charge in [0.2, 0.25) is 0 Å². The Morgan fingerprint density at radius 1 is 1.24 bits per heavy atom. The van der Waals surface area contributed by atoms with Gasteiger partial charge < -0.3 is 5.11 Å². The van der Waals surface area contributed by atoms with Crippen molar-refractivity contribution in [3.05, 3.63) is 16.1 Å². The van der Waals surface area contributed by atoms with Crippen molar-refractivity contribution in [3.8, 4) is 0 Å². The molecule has 1 saturated carbocycles. The molecular weight excluding hydrogens is 284 g/mol. The molecule has 1 aliphatic carbocycles. The number of thiazole rings is 1. The highest BCUT2D eigenvalue weighted by atomic mass is 32.1. The quantitative estimate of drug-likeness (QED) is 0.923. The van der Waals surface area contributed by atoms with E-state index in [1.54, 1.807) is 11.3 Å². The first-order chi connectivity index (χ1) is 10.2. The highest BCUT2D eigenvalue weighted by Crippen LogP contribution is 2.34. The van der Waals surface area contributed by atoms with Gasteiger partial charge in [0.25, 0.3) is 0 Å². The second kappa shape index (κ2) is 6.88. The Morgan fingerprint density at radius 3 is 2.76 bits per heavy atom. The van der Waals surface area contributed by atoms with Gasteiger partial charge >= 0.3 is 5.97 Å². The monoisotopic (exact) mass is 308 g/mol. The van der Waals surface area contributed by atoms with E-state index in [0.29, 0.717) is 12.5 Å². The number of rotatable bonds is 4. The summed E-state index contributed by atoms with van der Waals surface area (Å²) in [6.07, 6.45) is 9.46. The Labute approximate surface area is 130 Å². The molecule has 0 amide bonds. The van der Waals surface area contributed by atoms with E-state index in [0.717, 1.165) is 31.5 Å². The van der Waals surface area contributed by atoms with Crippen LogP contribution in [0, 0.1) is 0 Å². The lowest BCUT2D eigenvalue weighted by molar-refractivity contribution is -0.144. The van der Waals surface area contributed by atoms with Crippen LogP contribution in [0.25, 0.3) is 0 Å². The minimum atomic E-state index is -0.683. The van der Waals surface area contributed by atoms with Crippen molar-refractivity contribution in [3.63, 3.8) is 0 Å². The first kappa shape index (κ1) is 15.0. The number of aromatic nitrogens is 1. The lowest BCUT2D eigenvalue weighted by Crippen LogP contribution is -2.44. The van der Waals surface area contributed by atoms with Gasteiger partial charge in [0.15, 0.2) is 0 Å². The van der Waals surface area contributed by atoms with Crippen molar-refractivity contribution in [2.75, 3.05) is 6.54 Å². The van der Waals surface area contributed by atoms with Crippen LogP contribution in [-0.2, 0) is 11.3 Å². The Hall–Kier alpha value is -0.940. The van der Waals surface area contributed by atoms with Crippen molar-refractivity contribution < 1.29 is 9.90 Å². The number of carboxylic acid groups (broad SMARTS) is 1. The molecule has 1 aliphatic heterocycles. The standard InChI is InChI=1S/C16H24N2O2S/c19-16(20)14-8-4-5-9-18(14)10-13-11-21-15(17-13)12-6-2-1-3-7-12/h11-12,14H,1-10H2,(H,19,20). The van der Waals surface area contributed by atoms with E-state index in [-0.39, 0.29) is 6.04 Å². The van der Waals surface area contributed by atoms with Gasteiger partial charge in [0.05, 0.1) is 10.7 Å². The minimum absolute atomic E-state index is 0.321. The molecule has 4 nitrogen and oxygen atoms in total. The van der Waals surface area contributed by atoms with Crippen LogP contribution >= 0.6 is 11.3 Å². The average Bonchev–Trinajstić information content (AvgIpc) is 2.97. The fourth-order valence-electron chi connectivity index (χ4n) is 3.60. The summed E-state index contributed by atoms with van der Waals surface area (Å²) in [4.78, 5) is 18.2. The predicted molar refractivity (Wildman–Crippen MR) is 83.6 cm³/mol. The molecule has 1 atom stereocenters. The van der Waals surface area contributed by atoms with Gasteiger partial charge in [-0.2, -0.15) is 0 Å². The van der Waals surface area contributed by atoms with E-state index in [1.165, 1.54) is 37.1 Å². The van der Waals surface area contributed by atoms with Crippen molar-refractivity contribution >= 4 is 17.3 Å². The van der Waals surface area contributed by atoms with Crippen LogP contribution < -0.4 is 0 Å².